The fraction of sp³-hybridized carbons (Fsp3) is 0.282. The third-order valence-electron chi connectivity index (χ3n) is 8.81. The Balaban J connectivity index is 1.51. The Morgan fingerprint density at radius 1 is 0.980 bits per heavy atom. The lowest BCUT2D eigenvalue weighted by Crippen LogP contribution is -2.48. The molecular formula is C39H43N3O7S. The van der Waals surface area contributed by atoms with E-state index in [1.54, 1.807) is 68.4 Å². The Bertz CT molecular complexity index is 2020. The molecule has 1 saturated heterocycles. The number of sulfonamides is 1. The van der Waals surface area contributed by atoms with E-state index in [-0.39, 0.29) is 29.7 Å². The van der Waals surface area contributed by atoms with Gasteiger partial charge in [-0.05, 0) is 69.2 Å². The number of methoxy groups -OCH3 is 1. The molecule has 0 N–H and O–H groups in total. The number of hydrogen-bond donors (Lipinski definition) is 0. The number of furan rings is 1. The summed E-state index contributed by atoms with van der Waals surface area (Å²) in [4.78, 5) is 29.9. The standard InChI is InChI=1S/C39H43N3O7S/c1-6-8-17-34(29(4)40-23-25-41(26-24-40)38(43)32-16-12-13-18-35(32)47-5)42(22-21-30-14-10-9-11-15-30)50(45,46)31-19-20-36-33(27-31)28(3)37(49-36)39(44)48-7-2/h6,8-20,27H,1,7,21-26H2,2-5H3/b17-8-,34-29-. The molecule has 1 aromatic heterocycles. The second-order valence-corrected chi connectivity index (χ2v) is 13.7. The zero-order valence-electron chi connectivity index (χ0n) is 28.9. The number of carbonyl (C=O) groups is 2. The predicted molar refractivity (Wildman–Crippen MR) is 193 cm³/mol. The van der Waals surface area contributed by atoms with Crippen molar-refractivity contribution in [1.29, 1.82) is 0 Å². The summed E-state index contributed by atoms with van der Waals surface area (Å²) in [6.07, 6.45) is 5.55. The Morgan fingerprint density at radius 2 is 1.66 bits per heavy atom. The van der Waals surface area contributed by atoms with E-state index >= 15 is 0 Å². The molecule has 0 spiro atoms. The predicted octanol–water partition coefficient (Wildman–Crippen LogP) is 6.59. The summed E-state index contributed by atoms with van der Waals surface area (Å²) < 4.78 is 47.2. The van der Waals surface area contributed by atoms with Crippen molar-refractivity contribution in [2.45, 2.75) is 32.1 Å². The molecule has 0 bridgehead atoms. The van der Waals surface area contributed by atoms with Gasteiger partial charge in [0, 0.05) is 49.4 Å². The SMILES string of the molecule is C=C/C=C\C(=C(/C)N1CCN(C(=O)c2ccccc2OC)CC1)N(CCc1ccccc1)S(=O)(=O)c1ccc2oc(C(=O)OCC)c(C)c2c1. The molecule has 1 aliphatic rings. The van der Waals surface area contributed by atoms with E-state index in [0.717, 1.165) is 11.3 Å². The third-order valence-corrected chi connectivity index (χ3v) is 10.6. The van der Waals surface area contributed by atoms with Crippen LogP contribution >= 0.6 is 0 Å². The van der Waals surface area contributed by atoms with Crippen LogP contribution in [0.2, 0.25) is 0 Å². The fourth-order valence-electron chi connectivity index (χ4n) is 6.07. The number of amides is 1. The number of benzene rings is 3. The number of piperazine rings is 1. The van der Waals surface area contributed by atoms with Gasteiger partial charge in [-0.25, -0.2) is 13.2 Å². The smallest absolute Gasteiger partial charge is 0.374 e. The summed E-state index contributed by atoms with van der Waals surface area (Å²) in [6, 6.07) is 21.5. The first kappa shape index (κ1) is 36.0. The molecule has 50 heavy (non-hydrogen) atoms. The number of rotatable bonds is 13. The minimum atomic E-state index is -4.15. The molecule has 2 heterocycles. The monoisotopic (exact) mass is 697 g/mol. The lowest BCUT2D eigenvalue weighted by molar-refractivity contribution is 0.0491. The average Bonchev–Trinajstić information content (AvgIpc) is 3.48. The maximum absolute atomic E-state index is 14.7. The molecule has 1 aliphatic heterocycles. The molecule has 0 aliphatic carbocycles. The van der Waals surface area contributed by atoms with Crippen LogP contribution in [-0.4, -0.2) is 80.8 Å². The van der Waals surface area contributed by atoms with Gasteiger partial charge in [-0.1, -0.05) is 61.2 Å². The summed E-state index contributed by atoms with van der Waals surface area (Å²) >= 11 is 0. The van der Waals surface area contributed by atoms with Gasteiger partial charge in [0.25, 0.3) is 15.9 Å². The average molecular weight is 698 g/mol. The van der Waals surface area contributed by atoms with Gasteiger partial charge in [0.2, 0.25) is 5.76 Å². The highest BCUT2D eigenvalue weighted by molar-refractivity contribution is 7.89. The Labute approximate surface area is 293 Å². The van der Waals surface area contributed by atoms with E-state index in [9.17, 15) is 18.0 Å². The number of fused-ring (bicyclic) bond motifs is 1. The minimum absolute atomic E-state index is 0.0472. The number of esters is 1. The van der Waals surface area contributed by atoms with Crippen molar-refractivity contribution in [2.24, 2.45) is 0 Å². The van der Waals surface area contributed by atoms with Gasteiger partial charge in [0.15, 0.2) is 0 Å². The molecule has 4 aromatic rings. The molecule has 10 nitrogen and oxygen atoms in total. The van der Waals surface area contributed by atoms with E-state index in [2.05, 4.69) is 11.5 Å². The first-order valence-electron chi connectivity index (χ1n) is 16.5. The van der Waals surface area contributed by atoms with Crippen molar-refractivity contribution in [1.82, 2.24) is 14.1 Å². The number of allylic oxidation sites excluding steroid dienone is 4. The van der Waals surface area contributed by atoms with Gasteiger partial charge >= 0.3 is 5.97 Å². The molecule has 1 fully saturated rings. The van der Waals surface area contributed by atoms with Crippen molar-refractivity contribution in [3.63, 3.8) is 0 Å². The number of nitrogens with zero attached hydrogens (tertiary/aromatic N) is 3. The topological polar surface area (TPSA) is 110 Å². The number of aryl methyl sites for hydroxylation is 1. The van der Waals surface area contributed by atoms with Crippen molar-refractivity contribution in [2.75, 3.05) is 46.4 Å². The van der Waals surface area contributed by atoms with E-state index in [4.69, 9.17) is 13.9 Å². The van der Waals surface area contributed by atoms with E-state index in [1.807, 2.05) is 49.4 Å². The summed E-state index contributed by atoms with van der Waals surface area (Å²) in [7, 11) is -2.61. The number of ether oxygens (including phenoxy) is 2. The number of carbonyl (C=O) groups excluding carboxylic acids is 2. The van der Waals surface area contributed by atoms with Crippen LogP contribution in [0.3, 0.4) is 0 Å². The lowest BCUT2D eigenvalue weighted by atomic mass is 10.1. The van der Waals surface area contributed by atoms with Gasteiger partial charge in [0.1, 0.15) is 11.3 Å². The van der Waals surface area contributed by atoms with Crippen molar-refractivity contribution in [3.05, 3.63) is 131 Å². The molecule has 1 amide bonds. The fourth-order valence-corrected chi connectivity index (χ4v) is 7.61. The van der Waals surface area contributed by atoms with E-state index in [1.165, 1.54) is 10.4 Å². The zero-order chi connectivity index (χ0) is 35.8. The second-order valence-electron chi connectivity index (χ2n) is 11.8. The first-order chi connectivity index (χ1) is 24.1. The largest absolute Gasteiger partial charge is 0.496 e. The highest BCUT2D eigenvalue weighted by atomic mass is 32.2. The molecule has 0 radical (unpaired) electrons. The molecular weight excluding hydrogens is 655 g/mol. The van der Waals surface area contributed by atoms with Gasteiger partial charge < -0.3 is 23.7 Å². The quantitative estimate of drug-likeness (QED) is 0.114. The van der Waals surface area contributed by atoms with Crippen LogP contribution in [0, 0.1) is 6.92 Å². The Hall–Kier alpha value is -5.29. The van der Waals surface area contributed by atoms with Gasteiger partial charge in [-0.2, -0.15) is 0 Å². The van der Waals surface area contributed by atoms with Crippen LogP contribution in [0.4, 0.5) is 0 Å². The summed E-state index contributed by atoms with van der Waals surface area (Å²) in [5.74, 6) is -0.145. The van der Waals surface area contributed by atoms with Crippen molar-refractivity contribution >= 4 is 32.9 Å². The van der Waals surface area contributed by atoms with Gasteiger partial charge in [-0.3, -0.25) is 9.10 Å². The van der Waals surface area contributed by atoms with Crippen LogP contribution in [0.15, 0.2) is 118 Å². The minimum Gasteiger partial charge on any atom is -0.496 e. The Kier molecular flexibility index (Phi) is 11.5. The number of para-hydroxylation sites is 1. The molecule has 3 aromatic carbocycles. The van der Waals surface area contributed by atoms with Crippen molar-refractivity contribution < 1.29 is 31.9 Å². The maximum Gasteiger partial charge on any atom is 0.374 e. The van der Waals surface area contributed by atoms with Crippen molar-refractivity contribution in [3.8, 4) is 5.75 Å². The van der Waals surface area contributed by atoms with Crippen LogP contribution in [-0.2, 0) is 21.2 Å². The molecule has 262 valence electrons. The second kappa shape index (κ2) is 15.9. The van der Waals surface area contributed by atoms with E-state index in [0.29, 0.717) is 66.1 Å². The van der Waals surface area contributed by atoms with Crippen LogP contribution in [0.25, 0.3) is 11.0 Å². The number of hydrogen-bond acceptors (Lipinski definition) is 8. The molecule has 5 rings (SSSR count). The normalized spacial score (nSPS) is 14.1. The van der Waals surface area contributed by atoms with Gasteiger partial charge in [-0.15, -0.1) is 0 Å². The molecule has 0 saturated carbocycles. The summed E-state index contributed by atoms with van der Waals surface area (Å²) in [5, 5.41) is 0.511. The van der Waals surface area contributed by atoms with Gasteiger partial charge in [0.05, 0.1) is 29.9 Å². The highest BCUT2D eigenvalue weighted by Crippen LogP contribution is 2.32. The summed E-state index contributed by atoms with van der Waals surface area (Å²) in [6.45, 7) is 11.4. The summed E-state index contributed by atoms with van der Waals surface area (Å²) in [5.41, 5.74) is 3.62. The maximum atomic E-state index is 14.7. The van der Waals surface area contributed by atoms with Crippen LogP contribution < -0.4 is 4.74 Å². The first-order valence-corrected chi connectivity index (χ1v) is 18.0. The molecule has 11 heteroatoms. The zero-order valence-corrected chi connectivity index (χ0v) is 29.7. The lowest BCUT2D eigenvalue weighted by Gasteiger charge is -2.38. The van der Waals surface area contributed by atoms with Crippen LogP contribution in [0.1, 0.15) is 45.9 Å². The Morgan fingerprint density at radius 3 is 2.34 bits per heavy atom. The third kappa shape index (κ3) is 7.63. The van der Waals surface area contributed by atoms with E-state index < -0.39 is 16.0 Å². The highest BCUT2D eigenvalue weighted by Gasteiger charge is 2.31. The molecule has 0 unspecified atom stereocenters. The molecule has 0 atom stereocenters. The van der Waals surface area contributed by atoms with Crippen LogP contribution in [0.5, 0.6) is 5.75 Å².